The summed E-state index contributed by atoms with van der Waals surface area (Å²) in [5, 5.41) is 2.80. The number of likely N-dealkylation sites (N-methyl/N-ethyl adjacent to an activating group) is 1. The maximum atomic E-state index is 13.1. The van der Waals surface area contributed by atoms with Gasteiger partial charge in [0.2, 0.25) is 11.8 Å². The van der Waals surface area contributed by atoms with Crippen LogP contribution in [-0.2, 0) is 25.2 Å². The summed E-state index contributed by atoms with van der Waals surface area (Å²) in [6.45, 7) is 1.62. The summed E-state index contributed by atoms with van der Waals surface area (Å²) in [6, 6.07) is 13.0. The van der Waals surface area contributed by atoms with Crippen LogP contribution in [0.2, 0.25) is 0 Å². The van der Waals surface area contributed by atoms with Crippen LogP contribution in [0.3, 0.4) is 0 Å². The number of nitrogens with one attached hydrogen (secondary N) is 1. The number of para-hydroxylation sites is 2. The Morgan fingerprint density at radius 2 is 1.77 bits per heavy atom. The van der Waals surface area contributed by atoms with Gasteiger partial charge in [0.05, 0.1) is 17.1 Å². The van der Waals surface area contributed by atoms with Gasteiger partial charge in [-0.3, -0.25) is 14.4 Å². The van der Waals surface area contributed by atoms with Gasteiger partial charge in [-0.25, -0.2) is 8.42 Å². The molecule has 3 amide bonds. The summed E-state index contributed by atoms with van der Waals surface area (Å²) in [6.07, 6.45) is 1.30. The third-order valence-corrected chi connectivity index (χ3v) is 5.83. The SMILES string of the molecule is C[C@H]1CC(=O)Nc2ccccc2N1C(=O)CN(C)C(=O)c1ccc(CS(C)(=O)=O)cc1. The van der Waals surface area contributed by atoms with Crippen molar-refractivity contribution in [1.82, 2.24) is 4.90 Å². The molecule has 8 nitrogen and oxygen atoms in total. The van der Waals surface area contributed by atoms with E-state index in [1.807, 2.05) is 0 Å². The standard InChI is InChI=1S/C22H25N3O5S/c1-15-12-20(26)23-18-6-4-5-7-19(18)25(15)21(27)13-24(2)22(28)17-10-8-16(9-11-17)14-31(3,29)30/h4-11,15H,12-14H2,1-3H3,(H,23,26)/t15-/m0/s1. The molecule has 1 N–H and O–H groups in total. The number of nitrogens with zero attached hydrogens (tertiary/aromatic N) is 2. The number of anilines is 2. The molecule has 1 aliphatic rings. The number of fused-ring (bicyclic) bond motifs is 1. The lowest BCUT2D eigenvalue weighted by molar-refractivity contribution is -0.119. The van der Waals surface area contributed by atoms with Crippen LogP contribution in [0.5, 0.6) is 0 Å². The highest BCUT2D eigenvalue weighted by atomic mass is 32.2. The van der Waals surface area contributed by atoms with E-state index in [4.69, 9.17) is 0 Å². The van der Waals surface area contributed by atoms with Crippen molar-refractivity contribution >= 4 is 38.9 Å². The van der Waals surface area contributed by atoms with Gasteiger partial charge in [-0.2, -0.15) is 0 Å². The molecule has 0 unspecified atom stereocenters. The number of carbonyl (C=O) groups excluding carboxylic acids is 3. The number of hydrogen-bond acceptors (Lipinski definition) is 5. The highest BCUT2D eigenvalue weighted by molar-refractivity contribution is 7.89. The third kappa shape index (κ3) is 5.49. The van der Waals surface area contributed by atoms with Crippen LogP contribution in [0.1, 0.15) is 29.3 Å². The number of sulfone groups is 1. The van der Waals surface area contributed by atoms with E-state index in [0.717, 1.165) is 6.26 Å². The fourth-order valence-corrected chi connectivity index (χ4v) is 4.38. The van der Waals surface area contributed by atoms with Crippen LogP contribution in [0.25, 0.3) is 0 Å². The second-order valence-corrected chi connectivity index (χ2v) is 9.95. The van der Waals surface area contributed by atoms with Crippen molar-refractivity contribution in [3.05, 3.63) is 59.7 Å². The highest BCUT2D eigenvalue weighted by Gasteiger charge is 2.30. The van der Waals surface area contributed by atoms with E-state index >= 15 is 0 Å². The number of carbonyl (C=O) groups is 3. The lowest BCUT2D eigenvalue weighted by atomic mass is 10.1. The van der Waals surface area contributed by atoms with Gasteiger partial charge in [-0.1, -0.05) is 24.3 Å². The molecule has 1 aliphatic heterocycles. The van der Waals surface area contributed by atoms with Crippen molar-refractivity contribution in [2.75, 3.05) is 30.1 Å². The molecule has 3 rings (SSSR count). The largest absolute Gasteiger partial charge is 0.332 e. The normalized spacial score (nSPS) is 16.2. The smallest absolute Gasteiger partial charge is 0.254 e. The zero-order valence-electron chi connectivity index (χ0n) is 17.7. The van der Waals surface area contributed by atoms with E-state index < -0.39 is 9.84 Å². The molecule has 0 aromatic heterocycles. The first kappa shape index (κ1) is 22.5. The van der Waals surface area contributed by atoms with Gasteiger partial charge in [0, 0.05) is 31.3 Å². The first-order valence-electron chi connectivity index (χ1n) is 9.78. The monoisotopic (exact) mass is 443 g/mol. The predicted octanol–water partition coefficient (Wildman–Crippen LogP) is 2.07. The summed E-state index contributed by atoms with van der Waals surface area (Å²) in [5.74, 6) is -0.937. The summed E-state index contributed by atoms with van der Waals surface area (Å²) in [4.78, 5) is 40.9. The second kappa shape index (κ2) is 8.89. The summed E-state index contributed by atoms with van der Waals surface area (Å²) >= 11 is 0. The molecular weight excluding hydrogens is 418 g/mol. The summed E-state index contributed by atoms with van der Waals surface area (Å²) in [5.41, 5.74) is 2.09. The number of hydrogen-bond donors (Lipinski definition) is 1. The molecule has 1 heterocycles. The quantitative estimate of drug-likeness (QED) is 0.762. The minimum Gasteiger partial charge on any atom is -0.332 e. The Hall–Kier alpha value is -3.20. The molecule has 2 aromatic rings. The van der Waals surface area contributed by atoms with Crippen molar-refractivity contribution in [3.63, 3.8) is 0 Å². The van der Waals surface area contributed by atoms with Crippen molar-refractivity contribution in [3.8, 4) is 0 Å². The number of benzene rings is 2. The van der Waals surface area contributed by atoms with Gasteiger partial charge in [-0.05, 0) is 36.8 Å². The molecule has 2 aromatic carbocycles. The first-order chi connectivity index (χ1) is 14.5. The van der Waals surface area contributed by atoms with Crippen LogP contribution in [0, 0.1) is 0 Å². The number of amides is 3. The molecule has 0 bridgehead atoms. The molecule has 0 fully saturated rings. The van der Waals surface area contributed by atoms with Gasteiger partial charge in [0.25, 0.3) is 5.91 Å². The van der Waals surface area contributed by atoms with Crippen LogP contribution in [-0.4, -0.2) is 56.9 Å². The highest BCUT2D eigenvalue weighted by Crippen LogP contribution is 2.31. The van der Waals surface area contributed by atoms with Gasteiger partial charge < -0.3 is 15.1 Å². The van der Waals surface area contributed by atoms with Crippen molar-refractivity contribution in [2.45, 2.75) is 25.1 Å². The van der Waals surface area contributed by atoms with Crippen molar-refractivity contribution in [2.24, 2.45) is 0 Å². The molecule has 0 saturated heterocycles. The number of rotatable bonds is 5. The Morgan fingerprint density at radius 1 is 1.13 bits per heavy atom. The Balaban J connectivity index is 1.75. The Labute approximate surface area is 181 Å². The average molecular weight is 444 g/mol. The van der Waals surface area contributed by atoms with E-state index in [1.165, 1.54) is 11.9 Å². The van der Waals surface area contributed by atoms with E-state index in [1.54, 1.807) is 60.4 Å². The maximum Gasteiger partial charge on any atom is 0.254 e. The maximum absolute atomic E-state index is 13.1. The molecular formula is C22H25N3O5S. The van der Waals surface area contributed by atoms with Crippen LogP contribution in [0.4, 0.5) is 11.4 Å². The van der Waals surface area contributed by atoms with E-state index in [2.05, 4.69) is 5.32 Å². The van der Waals surface area contributed by atoms with Crippen molar-refractivity contribution in [1.29, 1.82) is 0 Å². The van der Waals surface area contributed by atoms with E-state index in [9.17, 15) is 22.8 Å². The molecule has 1 atom stereocenters. The van der Waals surface area contributed by atoms with Crippen molar-refractivity contribution < 1.29 is 22.8 Å². The minimum absolute atomic E-state index is 0.102. The van der Waals surface area contributed by atoms with Crippen LogP contribution in [0.15, 0.2) is 48.5 Å². The molecule has 9 heteroatoms. The fraction of sp³-hybridized carbons (Fsp3) is 0.318. The Morgan fingerprint density at radius 3 is 2.42 bits per heavy atom. The second-order valence-electron chi connectivity index (χ2n) is 7.81. The van der Waals surface area contributed by atoms with Gasteiger partial charge in [0.15, 0.2) is 9.84 Å². The first-order valence-corrected chi connectivity index (χ1v) is 11.8. The van der Waals surface area contributed by atoms with Gasteiger partial charge in [-0.15, -0.1) is 0 Å². The van der Waals surface area contributed by atoms with E-state index in [-0.39, 0.29) is 42.5 Å². The fourth-order valence-electron chi connectivity index (χ4n) is 3.59. The molecule has 164 valence electrons. The summed E-state index contributed by atoms with van der Waals surface area (Å²) < 4.78 is 22.8. The zero-order valence-corrected chi connectivity index (χ0v) is 18.5. The van der Waals surface area contributed by atoms with Crippen LogP contribution >= 0.6 is 0 Å². The third-order valence-electron chi connectivity index (χ3n) is 4.98. The minimum atomic E-state index is -3.17. The van der Waals surface area contributed by atoms with E-state index in [0.29, 0.717) is 22.5 Å². The molecule has 0 saturated carbocycles. The Kier molecular flexibility index (Phi) is 6.45. The summed E-state index contributed by atoms with van der Waals surface area (Å²) in [7, 11) is -1.64. The molecule has 0 aliphatic carbocycles. The molecule has 0 radical (unpaired) electrons. The Bertz CT molecular complexity index is 1110. The van der Waals surface area contributed by atoms with Gasteiger partial charge in [0.1, 0.15) is 6.54 Å². The van der Waals surface area contributed by atoms with Gasteiger partial charge >= 0.3 is 0 Å². The molecule has 0 spiro atoms. The lowest BCUT2D eigenvalue weighted by Gasteiger charge is -2.29. The zero-order chi connectivity index (χ0) is 22.8. The average Bonchev–Trinajstić information content (AvgIpc) is 2.80. The molecule has 31 heavy (non-hydrogen) atoms. The topological polar surface area (TPSA) is 104 Å². The van der Waals surface area contributed by atoms with Crippen LogP contribution < -0.4 is 10.2 Å². The lowest BCUT2D eigenvalue weighted by Crippen LogP contribution is -2.45. The predicted molar refractivity (Wildman–Crippen MR) is 119 cm³/mol.